The van der Waals surface area contributed by atoms with Crippen molar-refractivity contribution >= 4 is 23.2 Å². The first-order valence-electron chi connectivity index (χ1n) is 12.9. The number of nitrogens with zero attached hydrogens (tertiary/aromatic N) is 6. The Morgan fingerprint density at radius 3 is 2.49 bits per heavy atom. The number of rotatable bonds is 6. The summed E-state index contributed by atoms with van der Waals surface area (Å²) in [5.41, 5.74) is 0.0438. The van der Waals surface area contributed by atoms with E-state index in [0.717, 1.165) is 11.8 Å². The third-order valence-electron chi connectivity index (χ3n) is 7.41. The second kappa shape index (κ2) is 11.3. The standard InChI is InChI=1S/C28H28ClF3N6O3/c1-16-14-36(22(15-39)19-6-9-23(29)33-12-19)10-11-37(16)27(40)21-13-34-38-25(28(30,31)32)17(2)24(35-26(21)38)18-4-7-20(41-3)8-5-18/h4-9,12-13,16,22,39H,10-11,14-15H2,1-3H3/t16-,22+/m1/s1. The third kappa shape index (κ3) is 5.46. The van der Waals surface area contributed by atoms with Gasteiger partial charge in [0.2, 0.25) is 0 Å². The van der Waals surface area contributed by atoms with E-state index in [0.29, 0.717) is 34.1 Å². The van der Waals surface area contributed by atoms with Crippen LogP contribution < -0.4 is 4.74 Å². The van der Waals surface area contributed by atoms with Gasteiger partial charge in [-0.25, -0.2) is 14.5 Å². The molecular formula is C28H28ClF3N6O3. The zero-order chi connectivity index (χ0) is 29.5. The van der Waals surface area contributed by atoms with E-state index in [2.05, 4.69) is 15.1 Å². The van der Waals surface area contributed by atoms with Crippen molar-refractivity contribution in [2.24, 2.45) is 0 Å². The van der Waals surface area contributed by atoms with Gasteiger partial charge in [0, 0.05) is 43.0 Å². The number of aliphatic hydroxyl groups is 1. The minimum absolute atomic E-state index is 0.0221. The Morgan fingerprint density at radius 2 is 1.90 bits per heavy atom. The molecule has 0 unspecified atom stereocenters. The number of aliphatic hydroxyl groups excluding tert-OH is 1. The highest BCUT2D eigenvalue weighted by Crippen LogP contribution is 2.37. The molecule has 4 heterocycles. The minimum Gasteiger partial charge on any atom is -0.497 e. The van der Waals surface area contributed by atoms with Crippen molar-refractivity contribution < 1.29 is 27.8 Å². The van der Waals surface area contributed by atoms with Crippen molar-refractivity contribution in [3.8, 4) is 17.0 Å². The van der Waals surface area contributed by atoms with Gasteiger partial charge in [-0.2, -0.15) is 18.3 Å². The van der Waals surface area contributed by atoms with Crippen LogP contribution in [0.3, 0.4) is 0 Å². The number of aromatic nitrogens is 4. The molecule has 1 N–H and O–H groups in total. The maximum atomic E-state index is 14.3. The number of pyridine rings is 1. The number of carbonyl (C=O) groups is 1. The maximum absolute atomic E-state index is 14.3. The lowest BCUT2D eigenvalue weighted by Crippen LogP contribution is -2.55. The number of carbonyl (C=O) groups excluding carboxylic acids is 1. The molecule has 1 amide bonds. The molecule has 216 valence electrons. The van der Waals surface area contributed by atoms with Gasteiger partial charge in [-0.3, -0.25) is 9.69 Å². The van der Waals surface area contributed by atoms with E-state index in [1.54, 1.807) is 47.5 Å². The number of methoxy groups -OCH3 is 1. The smallest absolute Gasteiger partial charge is 0.433 e. The monoisotopic (exact) mass is 588 g/mol. The topological polar surface area (TPSA) is 96.1 Å². The van der Waals surface area contributed by atoms with Crippen molar-refractivity contribution in [2.75, 3.05) is 33.4 Å². The fraction of sp³-hybridized carbons (Fsp3) is 0.357. The average Bonchev–Trinajstić information content (AvgIpc) is 3.36. The van der Waals surface area contributed by atoms with E-state index in [9.17, 15) is 23.1 Å². The zero-order valence-electron chi connectivity index (χ0n) is 22.6. The van der Waals surface area contributed by atoms with Crippen LogP contribution in [-0.2, 0) is 6.18 Å². The number of amides is 1. The lowest BCUT2D eigenvalue weighted by atomic mass is 10.0. The molecule has 3 aromatic heterocycles. The Morgan fingerprint density at radius 1 is 1.17 bits per heavy atom. The lowest BCUT2D eigenvalue weighted by Gasteiger charge is -2.42. The van der Waals surface area contributed by atoms with E-state index in [1.807, 2.05) is 11.8 Å². The maximum Gasteiger partial charge on any atom is 0.433 e. The summed E-state index contributed by atoms with van der Waals surface area (Å²) in [6.45, 7) is 4.18. The summed E-state index contributed by atoms with van der Waals surface area (Å²) in [6, 6.07) is 9.31. The summed E-state index contributed by atoms with van der Waals surface area (Å²) in [6.07, 6.45) is -1.99. The van der Waals surface area contributed by atoms with Crippen LogP contribution in [0.4, 0.5) is 13.2 Å². The largest absolute Gasteiger partial charge is 0.497 e. The zero-order valence-corrected chi connectivity index (χ0v) is 23.3. The molecule has 41 heavy (non-hydrogen) atoms. The first kappa shape index (κ1) is 28.8. The van der Waals surface area contributed by atoms with Gasteiger partial charge in [0.05, 0.1) is 31.6 Å². The molecule has 0 radical (unpaired) electrons. The van der Waals surface area contributed by atoms with Gasteiger partial charge < -0.3 is 14.7 Å². The molecule has 0 saturated carbocycles. The van der Waals surface area contributed by atoms with Crippen LogP contribution in [0.1, 0.15) is 40.1 Å². The Balaban J connectivity index is 1.48. The average molecular weight is 589 g/mol. The number of piperazine rings is 1. The van der Waals surface area contributed by atoms with Gasteiger partial charge in [-0.15, -0.1) is 0 Å². The van der Waals surface area contributed by atoms with Crippen molar-refractivity contribution in [1.29, 1.82) is 0 Å². The van der Waals surface area contributed by atoms with Crippen LogP contribution in [-0.4, -0.2) is 79.8 Å². The van der Waals surface area contributed by atoms with Crippen molar-refractivity contribution in [3.05, 3.63) is 76.3 Å². The summed E-state index contributed by atoms with van der Waals surface area (Å²) in [4.78, 5) is 26.0. The van der Waals surface area contributed by atoms with E-state index < -0.39 is 17.8 Å². The van der Waals surface area contributed by atoms with Gasteiger partial charge in [-0.05, 0) is 49.7 Å². The summed E-state index contributed by atoms with van der Waals surface area (Å²) in [5.74, 6) is 0.0821. The van der Waals surface area contributed by atoms with Crippen LogP contribution >= 0.6 is 11.6 Å². The number of ether oxygens (including phenoxy) is 1. The van der Waals surface area contributed by atoms with Crippen molar-refractivity contribution in [1.82, 2.24) is 29.4 Å². The third-order valence-corrected chi connectivity index (χ3v) is 7.64. The summed E-state index contributed by atoms with van der Waals surface area (Å²) < 4.78 is 48.7. The van der Waals surface area contributed by atoms with E-state index in [-0.39, 0.29) is 47.7 Å². The highest BCUT2D eigenvalue weighted by molar-refractivity contribution is 6.29. The molecule has 0 bridgehead atoms. The summed E-state index contributed by atoms with van der Waals surface area (Å²) in [7, 11) is 1.50. The van der Waals surface area contributed by atoms with E-state index in [1.165, 1.54) is 14.0 Å². The molecule has 1 aromatic carbocycles. The number of halogens is 4. The second-order valence-electron chi connectivity index (χ2n) is 9.91. The first-order valence-corrected chi connectivity index (χ1v) is 13.3. The van der Waals surface area contributed by atoms with Crippen LogP contribution in [0.15, 0.2) is 48.8 Å². The fourth-order valence-electron chi connectivity index (χ4n) is 5.33. The number of alkyl halides is 3. The molecule has 0 aliphatic carbocycles. The molecule has 5 rings (SSSR count). The van der Waals surface area contributed by atoms with Crippen LogP contribution in [0.5, 0.6) is 5.75 Å². The van der Waals surface area contributed by atoms with Gasteiger partial charge in [0.15, 0.2) is 11.3 Å². The Bertz CT molecular complexity index is 1560. The second-order valence-corrected chi connectivity index (χ2v) is 10.3. The Hall–Kier alpha value is -3.74. The van der Waals surface area contributed by atoms with Gasteiger partial charge in [0.1, 0.15) is 16.5 Å². The predicted octanol–water partition coefficient (Wildman–Crippen LogP) is 4.66. The number of benzene rings is 1. The quantitative estimate of drug-likeness (QED) is 0.327. The molecule has 2 atom stereocenters. The molecule has 1 saturated heterocycles. The predicted molar refractivity (Wildman–Crippen MR) is 146 cm³/mol. The van der Waals surface area contributed by atoms with Crippen LogP contribution in [0.2, 0.25) is 5.15 Å². The van der Waals surface area contributed by atoms with Gasteiger partial charge in [-0.1, -0.05) is 17.7 Å². The first-order chi connectivity index (χ1) is 19.5. The summed E-state index contributed by atoms with van der Waals surface area (Å²) >= 11 is 5.90. The Labute approximate surface area is 239 Å². The van der Waals surface area contributed by atoms with Crippen LogP contribution in [0.25, 0.3) is 16.9 Å². The molecule has 1 fully saturated rings. The SMILES string of the molecule is COc1ccc(-c2nc3c(C(=O)N4CCN([C@@H](CO)c5ccc(Cl)nc5)C[C@H]4C)cnn3c(C(F)(F)F)c2C)cc1. The molecular weight excluding hydrogens is 561 g/mol. The van der Waals surface area contributed by atoms with Crippen molar-refractivity contribution in [2.45, 2.75) is 32.1 Å². The molecule has 4 aromatic rings. The minimum atomic E-state index is -4.74. The molecule has 0 spiro atoms. The van der Waals surface area contributed by atoms with E-state index in [4.69, 9.17) is 16.3 Å². The lowest BCUT2D eigenvalue weighted by molar-refractivity contribution is -0.143. The number of fused-ring (bicyclic) bond motifs is 1. The number of hydrogen-bond donors (Lipinski definition) is 1. The molecule has 1 aliphatic heterocycles. The molecule has 9 nitrogen and oxygen atoms in total. The van der Waals surface area contributed by atoms with Crippen LogP contribution in [0, 0.1) is 6.92 Å². The van der Waals surface area contributed by atoms with Gasteiger partial charge in [0.25, 0.3) is 5.91 Å². The summed E-state index contributed by atoms with van der Waals surface area (Å²) in [5, 5.41) is 14.4. The van der Waals surface area contributed by atoms with Gasteiger partial charge >= 0.3 is 6.18 Å². The van der Waals surface area contributed by atoms with E-state index >= 15 is 0 Å². The Kier molecular flexibility index (Phi) is 7.91. The fourth-order valence-corrected chi connectivity index (χ4v) is 5.44. The normalized spacial score (nSPS) is 17.2. The highest BCUT2D eigenvalue weighted by atomic mass is 35.5. The van der Waals surface area contributed by atoms with Crippen molar-refractivity contribution in [3.63, 3.8) is 0 Å². The highest BCUT2D eigenvalue weighted by Gasteiger charge is 2.39. The molecule has 1 aliphatic rings. The number of hydrogen-bond acceptors (Lipinski definition) is 7. The molecule has 13 heteroatoms.